The number of hydrogen-bond donors (Lipinski definition) is 2. The first kappa shape index (κ1) is 13.3. The van der Waals surface area contributed by atoms with Gasteiger partial charge in [0.05, 0.1) is 23.3 Å². The van der Waals surface area contributed by atoms with Crippen molar-refractivity contribution in [1.29, 1.82) is 5.26 Å². The molecule has 1 atom stereocenters. The molecule has 2 N–H and O–H groups in total. The maximum absolute atomic E-state index is 12.5. The minimum atomic E-state index is -4.53. The lowest BCUT2D eigenvalue weighted by atomic mass is 10.1. The fraction of sp³-hybridized carbons (Fsp3) is 0.364. The number of aliphatic hydroxyl groups excluding tert-OH is 1. The summed E-state index contributed by atoms with van der Waals surface area (Å²) in [5.74, 6) is 0. The highest BCUT2D eigenvalue weighted by Crippen LogP contribution is 2.32. The zero-order chi connectivity index (χ0) is 13.1. The number of nitrogens with one attached hydrogen (secondary N) is 1. The summed E-state index contributed by atoms with van der Waals surface area (Å²) in [6.45, 7) is 1.75. The van der Waals surface area contributed by atoms with E-state index in [1.807, 2.05) is 0 Å². The number of rotatable bonds is 3. The molecule has 1 rings (SSSR count). The first-order valence-corrected chi connectivity index (χ1v) is 4.88. The van der Waals surface area contributed by atoms with Crippen LogP contribution >= 0.6 is 0 Å². The first-order chi connectivity index (χ1) is 7.84. The molecule has 1 unspecified atom stereocenters. The van der Waals surface area contributed by atoms with Gasteiger partial charge >= 0.3 is 6.18 Å². The van der Waals surface area contributed by atoms with Gasteiger partial charge in [0.1, 0.15) is 0 Å². The van der Waals surface area contributed by atoms with Gasteiger partial charge in [0, 0.05) is 12.2 Å². The topological polar surface area (TPSA) is 56.0 Å². The number of halogens is 3. The Kier molecular flexibility index (Phi) is 3.97. The van der Waals surface area contributed by atoms with Crippen molar-refractivity contribution in [3.8, 4) is 6.07 Å². The molecule has 0 radical (unpaired) electrons. The zero-order valence-electron chi connectivity index (χ0n) is 9.04. The van der Waals surface area contributed by atoms with Crippen LogP contribution in [0.5, 0.6) is 0 Å². The van der Waals surface area contributed by atoms with Gasteiger partial charge in [-0.15, -0.1) is 0 Å². The molecule has 0 aliphatic heterocycles. The van der Waals surface area contributed by atoms with E-state index in [2.05, 4.69) is 5.32 Å². The zero-order valence-corrected chi connectivity index (χ0v) is 9.04. The lowest BCUT2D eigenvalue weighted by Gasteiger charge is -2.12. The summed E-state index contributed by atoms with van der Waals surface area (Å²) >= 11 is 0. The predicted octanol–water partition coefficient (Wildman–Crippen LogP) is 2.37. The maximum Gasteiger partial charge on any atom is 0.417 e. The van der Waals surface area contributed by atoms with E-state index in [0.29, 0.717) is 5.69 Å². The minimum absolute atomic E-state index is 0.205. The van der Waals surface area contributed by atoms with Crippen molar-refractivity contribution in [2.75, 3.05) is 11.9 Å². The van der Waals surface area contributed by atoms with Crippen LogP contribution in [-0.4, -0.2) is 17.8 Å². The van der Waals surface area contributed by atoms with E-state index in [-0.39, 0.29) is 6.54 Å². The summed E-state index contributed by atoms with van der Waals surface area (Å²) in [4.78, 5) is 0. The quantitative estimate of drug-likeness (QED) is 0.858. The van der Waals surface area contributed by atoms with E-state index in [1.54, 1.807) is 6.92 Å². The van der Waals surface area contributed by atoms with Crippen molar-refractivity contribution in [2.24, 2.45) is 0 Å². The Morgan fingerprint density at radius 3 is 2.59 bits per heavy atom. The monoisotopic (exact) mass is 244 g/mol. The molecule has 92 valence electrons. The maximum atomic E-state index is 12.5. The van der Waals surface area contributed by atoms with Crippen molar-refractivity contribution in [2.45, 2.75) is 19.2 Å². The molecule has 6 heteroatoms. The van der Waals surface area contributed by atoms with Crippen molar-refractivity contribution >= 4 is 5.69 Å². The van der Waals surface area contributed by atoms with Crippen LogP contribution in [0.2, 0.25) is 0 Å². The SMILES string of the molecule is CC(O)CNc1ccc(C(F)(F)F)c(C#N)c1. The second-order valence-electron chi connectivity index (χ2n) is 3.60. The number of alkyl halides is 3. The number of nitriles is 1. The molecule has 0 saturated heterocycles. The van der Waals surface area contributed by atoms with Crippen LogP contribution in [0.15, 0.2) is 18.2 Å². The molecule has 0 spiro atoms. The third-order valence-electron chi connectivity index (χ3n) is 2.05. The van der Waals surface area contributed by atoms with Crippen LogP contribution in [0, 0.1) is 11.3 Å². The molecule has 0 bridgehead atoms. The lowest BCUT2D eigenvalue weighted by molar-refractivity contribution is -0.137. The van der Waals surface area contributed by atoms with Gasteiger partial charge in [-0.25, -0.2) is 0 Å². The van der Waals surface area contributed by atoms with Gasteiger partial charge in [-0.2, -0.15) is 18.4 Å². The Labute approximate surface area is 96.5 Å². The number of aliphatic hydroxyl groups is 1. The number of benzene rings is 1. The fourth-order valence-corrected chi connectivity index (χ4v) is 1.26. The Hall–Kier alpha value is -1.74. The lowest BCUT2D eigenvalue weighted by Crippen LogP contribution is -2.16. The summed E-state index contributed by atoms with van der Waals surface area (Å²) in [5.41, 5.74) is -1.02. The second kappa shape index (κ2) is 5.06. The van der Waals surface area contributed by atoms with E-state index in [0.717, 1.165) is 12.1 Å². The van der Waals surface area contributed by atoms with Gasteiger partial charge in [-0.05, 0) is 25.1 Å². The number of nitrogens with zero attached hydrogens (tertiary/aromatic N) is 1. The Morgan fingerprint density at radius 2 is 2.12 bits per heavy atom. The standard InChI is InChI=1S/C11H11F3N2O/c1-7(17)6-16-9-2-3-10(11(12,13)14)8(4-9)5-15/h2-4,7,16-17H,6H2,1H3. The second-order valence-corrected chi connectivity index (χ2v) is 3.60. The molecule has 0 heterocycles. The van der Waals surface area contributed by atoms with Crippen LogP contribution in [0.1, 0.15) is 18.1 Å². The van der Waals surface area contributed by atoms with Crippen molar-refractivity contribution in [1.82, 2.24) is 0 Å². The van der Waals surface area contributed by atoms with Crippen molar-refractivity contribution < 1.29 is 18.3 Å². The van der Waals surface area contributed by atoms with Gasteiger partial charge in [0.25, 0.3) is 0 Å². The summed E-state index contributed by atoms with van der Waals surface area (Å²) in [5, 5.41) is 20.4. The van der Waals surface area contributed by atoms with Gasteiger partial charge in [-0.1, -0.05) is 0 Å². The highest BCUT2D eigenvalue weighted by Gasteiger charge is 2.33. The van der Waals surface area contributed by atoms with Gasteiger partial charge in [-0.3, -0.25) is 0 Å². The average molecular weight is 244 g/mol. The molecule has 0 aliphatic carbocycles. The molecule has 0 aromatic heterocycles. The normalized spacial score (nSPS) is 12.9. The van der Waals surface area contributed by atoms with E-state index in [1.165, 1.54) is 12.1 Å². The van der Waals surface area contributed by atoms with E-state index >= 15 is 0 Å². The molecule has 0 amide bonds. The molecular formula is C11H11F3N2O. The first-order valence-electron chi connectivity index (χ1n) is 4.88. The molecule has 1 aromatic rings. The van der Waals surface area contributed by atoms with Gasteiger partial charge in [0.15, 0.2) is 0 Å². The smallest absolute Gasteiger partial charge is 0.392 e. The summed E-state index contributed by atoms with van der Waals surface area (Å²) in [7, 11) is 0. The molecule has 0 saturated carbocycles. The van der Waals surface area contributed by atoms with E-state index in [4.69, 9.17) is 10.4 Å². The van der Waals surface area contributed by atoms with Crippen molar-refractivity contribution in [3.63, 3.8) is 0 Å². The Balaban J connectivity index is 2.98. The van der Waals surface area contributed by atoms with E-state index in [9.17, 15) is 13.2 Å². The molecule has 1 aromatic carbocycles. The highest BCUT2D eigenvalue weighted by atomic mass is 19.4. The van der Waals surface area contributed by atoms with Crippen LogP contribution in [0.4, 0.5) is 18.9 Å². The number of anilines is 1. The minimum Gasteiger partial charge on any atom is -0.392 e. The molecule has 0 fully saturated rings. The Bertz CT molecular complexity index is 435. The van der Waals surface area contributed by atoms with Crippen molar-refractivity contribution in [3.05, 3.63) is 29.3 Å². The molecular weight excluding hydrogens is 233 g/mol. The largest absolute Gasteiger partial charge is 0.417 e. The van der Waals surface area contributed by atoms with Crippen LogP contribution in [0.3, 0.4) is 0 Å². The summed E-state index contributed by atoms with van der Waals surface area (Å²) in [6.07, 6.45) is -5.16. The third-order valence-corrected chi connectivity index (χ3v) is 2.05. The summed E-state index contributed by atoms with van der Waals surface area (Å²) in [6, 6.07) is 4.70. The van der Waals surface area contributed by atoms with Crippen LogP contribution < -0.4 is 5.32 Å². The van der Waals surface area contributed by atoms with Gasteiger partial charge in [0.2, 0.25) is 0 Å². The Morgan fingerprint density at radius 1 is 1.47 bits per heavy atom. The molecule has 17 heavy (non-hydrogen) atoms. The van der Waals surface area contributed by atoms with Gasteiger partial charge < -0.3 is 10.4 Å². The average Bonchev–Trinajstić information content (AvgIpc) is 2.24. The van der Waals surface area contributed by atoms with E-state index < -0.39 is 23.4 Å². The third kappa shape index (κ3) is 3.64. The highest BCUT2D eigenvalue weighted by molar-refractivity contribution is 5.53. The summed E-state index contributed by atoms with van der Waals surface area (Å²) < 4.78 is 37.4. The molecule has 0 aliphatic rings. The molecule has 3 nitrogen and oxygen atoms in total. The fourth-order valence-electron chi connectivity index (χ4n) is 1.26. The predicted molar refractivity (Wildman–Crippen MR) is 56.3 cm³/mol. The van der Waals surface area contributed by atoms with Crippen LogP contribution in [0.25, 0.3) is 0 Å². The number of hydrogen-bond acceptors (Lipinski definition) is 3. The van der Waals surface area contributed by atoms with Crippen LogP contribution in [-0.2, 0) is 6.18 Å².